The second kappa shape index (κ2) is 10.0. The molecular formula is C22H28FIN4O. The Morgan fingerprint density at radius 1 is 1.10 bits per heavy atom. The van der Waals surface area contributed by atoms with Crippen molar-refractivity contribution in [2.24, 2.45) is 4.99 Å². The van der Waals surface area contributed by atoms with E-state index in [0.29, 0.717) is 24.6 Å². The van der Waals surface area contributed by atoms with E-state index in [9.17, 15) is 9.18 Å². The summed E-state index contributed by atoms with van der Waals surface area (Å²) in [6.45, 7) is 1.23. The van der Waals surface area contributed by atoms with E-state index in [1.165, 1.54) is 6.07 Å². The van der Waals surface area contributed by atoms with Crippen LogP contribution in [0.1, 0.15) is 34.3 Å². The predicted octanol–water partition coefficient (Wildman–Crippen LogP) is 3.54. The summed E-state index contributed by atoms with van der Waals surface area (Å²) in [5.41, 5.74) is 2.35. The number of guanidine groups is 1. The van der Waals surface area contributed by atoms with Gasteiger partial charge in [0.15, 0.2) is 5.96 Å². The van der Waals surface area contributed by atoms with Gasteiger partial charge in [0, 0.05) is 45.2 Å². The number of carbonyl (C=O) groups excluding carboxylic acids is 1. The summed E-state index contributed by atoms with van der Waals surface area (Å²) >= 11 is 0. The molecule has 1 saturated carbocycles. The average Bonchev–Trinajstić information content (AvgIpc) is 3.49. The Balaban J connectivity index is 0.00000300. The van der Waals surface area contributed by atoms with E-state index in [2.05, 4.69) is 15.6 Å². The molecule has 5 nitrogen and oxygen atoms in total. The van der Waals surface area contributed by atoms with Crippen LogP contribution < -0.4 is 10.6 Å². The second-order valence-corrected chi connectivity index (χ2v) is 7.44. The molecule has 1 amide bonds. The highest BCUT2D eigenvalue weighted by atomic mass is 127. The summed E-state index contributed by atoms with van der Waals surface area (Å²) in [6.07, 6.45) is 1.94. The van der Waals surface area contributed by atoms with E-state index in [4.69, 9.17) is 0 Å². The molecule has 0 aliphatic heterocycles. The lowest BCUT2D eigenvalue weighted by molar-refractivity contribution is 0.0827. The molecule has 29 heavy (non-hydrogen) atoms. The van der Waals surface area contributed by atoms with Crippen molar-refractivity contribution in [2.45, 2.75) is 24.8 Å². The summed E-state index contributed by atoms with van der Waals surface area (Å²) in [5, 5.41) is 6.60. The minimum absolute atomic E-state index is 0. The number of nitrogens with one attached hydrogen (secondary N) is 2. The van der Waals surface area contributed by atoms with Crippen LogP contribution in [0, 0.1) is 5.82 Å². The Kier molecular flexibility index (Phi) is 8.01. The Hall–Kier alpha value is -2.16. The predicted molar refractivity (Wildman–Crippen MR) is 125 cm³/mol. The molecule has 0 radical (unpaired) electrons. The quantitative estimate of drug-likeness (QED) is 0.355. The average molecular weight is 510 g/mol. The molecule has 156 valence electrons. The normalized spacial score (nSPS) is 14.6. The van der Waals surface area contributed by atoms with Gasteiger partial charge in [-0.3, -0.25) is 9.79 Å². The highest BCUT2D eigenvalue weighted by Gasteiger charge is 2.45. The van der Waals surface area contributed by atoms with Gasteiger partial charge in [-0.05, 0) is 42.2 Å². The smallest absolute Gasteiger partial charge is 0.253 e. The summed E-state index contributed by atoms with van der Waals surface area (Å²) < 4.78 is 14.1. The molecule has 1 aliphatic rings. The molecule has 0 bridgehead atoms. The van der Waals surface area contributed by atoms with Gasteiger partial charge in [0.05, 0.1) is 0 Å². The van der Waals surface area contributed by atoms with E-state index in [0.717, 1.165) is 24.0 Å². The molecule has 2 aromatic carbocycles. The van der Waals surface area contributed by atoms with E-state index < -0.39 is 0 Å². The topological polar surface area (TPSA) is 56.7 Å². The highest BCUT2D eigenvalue weighted by Crippen LogP contribution is 2.48. The summed E-state index contributed by atoms with van der Waals surface area (Å²) in [4.78, 5) is 17.8. The number of hydrogen-bond acceptors (Lipinski definition) is 2. The van der Waals surface area contributed by atoms with Crippen molar-refractivity contribution in [1.29, 1.82) is 0 Å². The zero-order chi connectivity index (χ0) is 20.1. The maximum Gasteiger partial charge on any atom is 0.253 e. The number of amides is 1. The second-order valence-electron chi connectivity index (χ2n) is 7.44. The van der Waals surface area contributed by atoms with Crippen LogP contribution in [-0.2, 0) is 12.0 Å². The first-order valence-electron chi connectivity index (χ1n) is 9.45. The molecule has 2 N–H and O–H groups in total. The minimum atomic E-state index is -0.142. The third-order valence-electron chi connectivity index (χ3n) is 5.18. The molecule has 2 aromatic rings. The molecule has 0 atom stereocenters. The molecule has 0 saturated heterocycles. The Bertz CT molecular complexity index is 863. The summed E-state index contributed by atoms with van der Waals surface area (Å²) in [6, 6.07) is 14.5. The summed E-state index contributed by atoms with van der Waals surface area (Å²) in [5.74, 6) is 0.521. The largest absolute Gasteiger partial charge is 0.356 e. The van der Waals surface area contributed by atoms with Crippen LogP contribution in [0.2, 0.25) is 0 Å². The maximum absolute atomic E-state index is 14.1. The third-order valence-corrected chi connectivity index (χ3v) is 5.18. The van der Waals surface area contributed by atoms with E-state index in [-0.39, 0.29) is 41.1 Å². The molecule has 1 aliphatic carbocycles. The number of aliphatic imine (C=N–C) groups is 1. The number of carbonyl (C=O) groups is 1. The first-order valence-corrected chi connectivity index (χ1v) is 9.45. The van der Waals surface area contributed by atoms with Crippen molar-refractivity contribution in [2.75, 3.05) is 27.7 Å². The lowest BCUT2D eigenvalue weighted by Crippen LogP contribution is -2.41. The van der Waals surface area contributed by atoms with Crippen molar-refractivity contribution in [3.05, 3.63) is 71.0 Å². The molecule has 0 spiro atoms. The van der Waals surface area contributed by atoms with Gasteiger partial charge < -0.3 is 15.5 Å². The highest BCUT2D eigenvalue weighted by molar-refractivity contribution is 14.0. The first-order chi connectivity index (χ1) is 13.4. The number of nitrogens with zero attached hydrogens (tertiary/aromatic N) is 2. The SMILES string of the molecule is CN=C(NCc1ccc(C(=O)N(C)C)cc1)NCC1(c2ccccc2F)CC1.I. The van der Waals surface area contributed by atoms with E-state index in [1.807, 2.05) is 36.4 Å². The van der Waals surface area contributed by atoms with Gasteiger partial charge in [-0.25, -0.2) is 4.39 Å². The number of rotatable bonds is 6. The van der Waals surface area contributed by atoms with E-state index in [1.54, 1.807) is 32.1 Å². The fraction of sp³-hybridized carbons (Fsp3) is 0.364. The van der Waals surface area contributed by atoms with Gasteiger partial charge in [-0.2, -0.15) is 0 Å². The van der Waals surface area contributed by atoms with Crippen LogP contribution in [0.15, 0.2) is 53.5 Å². The molecule has 0 heterocycles. The van der Waals surface area contributed by atoms with Crippen molar-refractivity contribution >= 4 is 35.8 Å². The Morgan fingerprint density at radius 2 is 1.76 bits per heavy atom. The maximum atomic E-state index is 14.1. The molecule has 3 rings (SSSR count). The Labute approximate surface area is 188 Å². The summed E-state index contributed by atoms with van der Waals surface area (Å²) in [7, 11) is 5.19. The zero-order valence-electron chi connectivity index (χ0n) is 17.0. The molecule has 1 fully saturated rings. The van der Waals surface area contributed by atoms with Crippen LogP contribution in [0.5, 0.6) is 0 Å². The van der Waals surface area contributed by atoms with E-state index >= 15 is 0 Å². The van der Waals surface area contributed by atoms with Crippen molar-refractivity contribution in [3.63, 3.8) is 0 Å². The monoisotopic (exact) mass is 510 g/mol. The number of halogens is 2. The third kappa shape index (κ3) is 5.68. The Morgan fingerprint density at radius 3 is 2.31 bits per heavy atom. The van der Waals surface area contributed by atoms with Crippen LogP contribution in [0.3, 0.4) is 0 Å². The van der Waals surface area contributed by atoms with Crippen LogP contribution in [0.25, 0.3) is 0 Å². The van der Waals surface area contributed by atoms with Gasteiger partial charge in [0.1, 0.15) is 5.82 Å². The van der Waals surface area contributed by atoms with Crippen LogP contribution in [0.4, 0.5) is 4.39 Å². The number of benzene rings is 2. The standard InChI is InChI=1S/C22H27FN4O.HI/c1-24-21(25-14-16-8-10-17(11-9-16)20(28)27(2)3)26-15-22(12-13-22)18-6-4-5-7-19(18)23;/h4-11H,12-15H2,1-3H3,(H2,24,25,26);1H. The lowest BCUT2D eigenvalue weighted by Gasteiger charge is -2.19. The zero-order valence-corrected chi connectivity index (χ0v) is 19.4. The van der Waals surface area contributed by atoms with Gasteiger partial charge in [-0.1, -0.05) is 30.3 Å². The van der Waals surface area contributed by atoms with Gasteiger partial charge in [-0.15, -0.1) is 24.0 Å². The van der Waals surface area contributed by atoms with Crippen molar-refractivity contribution < 1.29 is 9.18 Å². The van der Waals surface area contributed by atoms with Crippen LogP contribution in [-0.4, -0.2) is 44.5 Å². The first kappa shape index (κ1) is 23.1. The van der Waals surface area contributed by atoms with Crippen molar-refractivity contribution in [3.8, 4) is 0 Å². The van der Waals surface area contributed by atoms with Crippen LogP contribution >= 0.6 is 24.0 Å². The number of hydrogen-bond donors (Lipinski definition) is 2. The molecular weight excluding hydrogens is 482 g/mol. The molecule has 0 unspecified atom stereocenters. The minimum Gasteiger partial charge on any atom is -0.356 e. The lowest BCUT2D eigenvalue weighted by atomic mass is 9.95. The van der Waals surface area contributed by atoms with Gasteiger partial charge in [0.25, 0.3) is 5.91 Å². The van der Waals surface area contributed by atoms with Gasteiger partial charge in [0.2, 0.25) is 0 Å². The van der Waals surface area contributed by atoms with Gasteiger partial charge >= 0.3 is 0 Å². The molecule has 7 heteroatoms. The fourth-order valence-corrected chi connectivity index (χ4v) is 3.27. The molecule has 0 aromatic heterocycles. The fourth-order valence-electron chi connectivity index (χ4n) is 3.27. The van der Waals surface area contributed by atoms with Crippen molar-refractivity contribution in [1.82, 2.24) is 15.5 Å².